The van der Waals surface area contributed by atoms with E-state index in [2.05, 4.69) is 160 Å². The third kappa shape index (κ3) is 4.33. The maximum absolute atomic E-state index is 4.46. The van der Waals surface area contributed by atoms with Crippen LogP contribution in [-0.4, -0.2) is 16.1 Å². The average molecular weight is 593 g/mol. The molecule has 3 aliphatic rings. The van der Waals surface area contributed by atoms with Crippen molar-refractivity contribution in [2.24, 2.45) is 0 Å². The van der Waals surface area contributed by atoms with Crippen LogP contribution in [0.25, 0.3) is 38.7 Å². The lowest BCUT2D eigenvalue weighted by molar-refractivity contribution is 0.618. The molecule has 0 radical (unpaired) electrons. The Labute approximate surface area is 269 Å². The lowest BCUT2D eigenvalue weighted by Crippen LogP contribution is -2.15. The van der Waals surface area contributed by atoms with Gasteiger partial charge in [-0.1, -0.05) is 97.1 Å². The summed E-state index contributed by atoms with van der Waals surface area (Å²) in [7, 11) is 0. The van der Waals surface area contributed by atoms with Crippen molar-refractivity contribution in [3.05, 3.63) is 175 Å². The van der Waals surface area contributed by atoms with Gasteiger partial charge < -0.3 is 14.8 Å². The number of hydrogen-bond acceptors (Lipinski definition) is 3. The highest BCUT2D eigenvalue weighted by atomic mass is 15.2. The first-order valence-corrected chi connectivity index (χ1v) is 15.9. The van der Waals surface area contributed by atoms with Gasteiger partial charge in [-0.25, -0.2) is 0 Å². The van der Waals surface area contributed by atoms with Gasteiger partial charge in [-0.05, 0) is 76.2 Å². The molecule has 4 aromatic carbocycles. The predicted octanol–water partition coefficient (Wildman–Crippen LogP) is 10.2. The third-order valence-corrected chi connectivity index (χ3v) is 9.39. The van der Waals surface area contributed by atoms with Crippen molar-refractivity contribution in [1.82, 2.24) is 14.9 Å². The summed E-state index contributed by atoms with van der Waals surface area (Å²) in [5.74, 6) is 0. The van der Waals surface area contributed by atoms with E-state index >= 15 is 0 Å². The minimum Gasteiger partial charge on any atom is -0.387 e. The fourth-order valence-corrected chi connectivity index (χ4v) is 7.34. The Balaban J connectivity index is 1.31. The van der Waals surface area contributed by atoms with Gasteiger partial charge in [0.05, 0.1) is 22.9 Å². The van der Waals surface area contributed by atoms with Crippen LogP contribution in [0.15, 0.2) is 169 Å². The number of benzene rings is 4. The van der Waals surface area contributed by atoms with Crippen molar-refractivity contribution in [2.45, 2.75) is 12.5 Å². The van der Waals surface area contributed by atoms with Gasteiger partial charge in [0, 0.05) is 53.5 Å². The highest BCUT2D eigenvalue weighted by molar-refractivity contribution is 6.11. The molecule has 0 fully saturated rings. The van der Waals surface area contributed by atoms with Crippen molar-refractivity contribution >= 4 is 33.5 Å². The Morgan fingerprint density at radius 2 is 1.54 bits per heavy atom. The first-order valence-electron chi connectivity index (χ1n) is 15.9. The fraction of sp³-hybridized carbons (Fsp3) is 0.0714. The Morgan fingerprint density at radius 1 is 0.717 bits per heavy atom. The van der Waals surface area contributed by atoms with Gasteiger partial charge >= 0.3 is 0 Å². The van der Waals surface area contributed by atoms with E-state index in [9.17, 15) is 0 Å². The SMILES string of the molecule is C1=CC(C2=CC(c3cccnc3)=CC(n3ccc4ccc5c(c43)-c3ccccc3-c3ccccc3N5c3ccccc3)C2)=CNC1. The van der Waals surface area contributed by atoms with E-state index in [0.29, 0.717) is 0 Å². The normalized spacial score (nSPS) is 16.7. The molecule has 4 heterocycles. The predicted molar refractivity (Wildman–Crippen MR) is 190 cm³/mol. The molecular formula is C42H32N4. The summed E-state index contributed by atoms with van der Waals surface area (Å²) in [5, 5.41) is 4.65. The highest BCUT2D eigenvalue weighted by Gasteiger charge is 2.30. The molecule has 1 aliphatic carbocycles. The molecule has 0 bridgehead atoms. The molecule has 1 N–H and O–H groups in total. The lowest BCUT2D eigenvalue weighted by Gasteiger charge is -2.29. The summed E-state index contributed by atoms with van der Waals surface area (Å²) in [4.78, 5) is 6.90. The van der Waals surface area contributed by atoms with Crippen LogP contribution in [0.2, 0.25) is 0 Å². The van der Waals surface area contributed by atoms with Crippen molar-refractivity contribution in [1.29, 1.82) is 0 Å². The van der Waals surface area contributed by atoms with Gasteiger partial charge in [-0.2, -0.15) is 0 Å². The van der Waals surface area contributed by atoms with Crippen LogP contribution in [0.5, 0.6) is 0 Å². The number of nitrogens with one attached hydrogen (secondary N) is 1. The molecule has 0 saturated heterocycles. The topological polar surface area (TPSA) is 33.1 Å². The molecule has 0 amide bonds. The summed E-state index contributed by atoms with van der Waals surface area (Å²) in [6.45, 7) is 0.861. The Bertz CT molecular complexity index is 2230. The first kappa shape index (κ1) is 26.5. The quantitative estimate of drug-likeness (QED) is 0.221. The van der Waals surface area contributed by atoms with E-state index in [1.54, 1.807) is 0 Å². The maximum Gasteiger partial charge on any atom is 0.0587 e. The molecule has 4 nitrogen and oxygen atoms in total. The average Bonchev–Trinajstić information content (AvgIpc) is 3.52. The molecular weight excluding hydrogens is 560 g/mol. The zero-order valence-electron chi connectivity index (χ0n) is 25.3. The zero-order valence-corrected chi connectivity index (χ0v) is 25.3. The van der Waals surface area contributed by atoms with E-state index in [4.69, 9.17) is 0 Å². The summed E-state index contributed by atoms with van der Waals surface area (Å²) >= 11 is 0. The largest absolute Gasteiger partial charge is 0.387 e. The van der Waals surface area contributed by atoms with E-state index < -0.39 is 0 Å². The van der Waals surface area contributed by atoms with Gasteiger partial charge in [0.2, 0.25) is 0 Å². The number of hydrogen-bond donors (Lipinski definition) is 1. The second kappa shape index (κ2) is 10.9. The van der Waals surface area contributed by atoms with Crippen molar-refractivity contribution in [3.63, 3.8) is 0 Å². The number of aromatic nitrogens is 2. The standard InChI is InChI=1S/C42H32N4/c1-2-12-34(13-3-1)46-39-17-7-6-15-37(39)36-14-4-5-16-38(36)41-40(46)19-18-29-20-23-45(42(29)41)35-25-32(30-10-8-21-43-27-30)24-33(26-35)31-11-9-22-44-28-31/h1-21,23-25,27-28,35,44H,22,26H2. The minimum absolute atomic E-state index is 0.110. The Hall–Kier alpha value is -5.87. The summed E-state index contributed by atoms with van der Waals surface area (Å²) in [6.07, 6.45) is 18.3. The second-order valence-electron chi connectivity index (χ2n) is 12.1. The molecule has 2 aliphatic heterocycles. The lowest BCUT2D eigenvalue weighted by atomic mass is 9.87. The molecule has 2 aromatic heterocycles. The van der Waals surface area contributed by atoms with E-state index in [0.717, 1.165) is 24.2 Å². The molecule has 1 atom stereocenters. The number of dihydropyridines is 1. The smallest absolute Gasteiger partial charge is 0.0587 e. The number of rotatable bonds is 4. The van der Waals surface area contributed by atoms with Gasteiger partial charge in [-0.15, -0.1) is 0 Å². The third-order valence-electron chi connectivity index (χ3n) is 9.39. The minimum atomic E-state index is 0.110. The van der Waals surface area contributed by atoms with Crippen molar-refractivity contribution in [2.75, 3.05) is 11.4 Å². The van der Waals surface area contributed by atoms with Crippen LogP contribution in [-0.2, 0) is 0 Å². The second-order valence-corrected chi connectivity index (χ2v) is 12.1. The summed E-state index contributed by atoms with van der Waals surface area (Å²) in [5.41, 5.74) is 14.6. The molecule has 0 saturated carbocycles. The van der Waals surface area contributed by atoms with Crippen molar-refractivity contribution in [3.8, 4) is 22.3 Å². The number of pyridine rings is 1. The molecule has 46 heavy (non-hydrogen) atoms. The number of allylic oxidation sites excluding steroid dienone is 6. The van der Waals surface area contributed by atoms with Crippen LogP contribution in [0, 0.1) is 0 Å². The Kier molecular flexibility index (Phi) is 6.31. The number of nitrogens with zero attached hydrogens (tertiary/aromatic N) is 3. The molecule has 9 rings (SSSR count). The van der Waals surface area contributed by atoms with Crippen LogP contribution in [0.1, 0.15) is 18.0 Å². The fourth-order valence-electron chi connectivity index (χ4n) is 7.34. The zero-order chi connectivity index (χ0) is 30.5. The van der Waals surface area contributed by atoms with Crippen molar-refractivity contribution < 1.29 is 0 Å². The number of fused-ring (bicyclic) bond motifs is 7. The van der Waals surface area contributed by atoms with Gasteiger partial charge in [0.15, 0.2) is 0 Å². The van der Waals surface area contributed by atoms with Crippen LogP contribution >= 0.6 is 0 Å². The molecule has 6 aromatic rings. The summed E-state index contributed by atoms with van der Waals surface area (Å²) in [6, 6.07) is 39.6. The monoisotopic (exact) mass is 592 g/mol. The summed E-state index contributed by atoms with van der Waals surface area (Å²) < 4.78 is 2.51. The van der Waals surface area contributed by atoms with E-state index in [1.165, 1.54) is 61.3 Å². The molecule has 4 heteroatoms. The van der Waals surface area contributed by atoms with Crippen LogP contribution in [0.4, 0.5) is 17.1 Å². The maximum atomic E-state index is 4.46. The van der Waals surface area contributed by atoms with Crippen LogP contribution in [0.3, 0.4) is 0 Å². The Morgan fingerprint density at radius 3 is 2.37 bits per heavy atom. The van der Waals surface area contributed by atoms with Gasteiger partial charge in [0.25, 0.3) is 0 Å². The first-order chi connectivity index (χ1) is 22.8. The molecule has 1 unspecified atom stereocenters. The van der Waals surface area contributed by atoms with E-state index in [-0.39, 0.29) is 6.04 Å². The number of anilines is 3. The van der Waals surface area contributed by atoms with E-state index in [1.807, 2.05) is 18.5 Å². The number of para-hydroxylation sites is 2. The molecule has 220 valence electrons. The van der Waals surface area contributed by atoms with Gasteiger partial charge in [0.1, 0.15) is 0 Å². The van der Waals surface area contributed by atoms with Gasteiger partial charge in [-0.3, -0.25) is 4.98 Å². The molecule has 0 spiro atoms. The van der Waals surface area contributed by atoms with Crippen LogP contribution < -0.4 is 10.2 Å². The highest BCUT2D eigenvalue weighted by Crippen LogP contribution is 2.53.